The van der Waals surface area contributed by atoms with Crippen molar-refractivity contribution in [1.82, 2.24) is 0 Å². The summed E-state index contributed by atoms with van der Waals surface area (Å²) in [6.45, 7) is 11.6. The molecule has 0 heterocycles. The molecule has 0 spiro atoms. The number of benzene rings is 1. The van der Waals surface area contributed by atoms with Crippen molar-refractivity contribution in [3.05, 3.63) is 29.8 Å². The molecule has 0 saturated carbocycles. The van der Waals surface area contributed by atoms with Crippen LogP contribution in [0, 0.1) is 5.41 Å². The molecule has 84 valence electrons. The van der Waals surface area contributed by atoms with Crippen LogP contribution in [0.4, 0.5) is 0 Å². The summed E-state index contributed by atoms with van der Waals surface area (Å²) in [5.41, 5.74) is 2.07. The Morgan fingerprint density at radius 3 is 1.80 bits per heavy atom. The van der Waals surface area contributed by atoms with E-state index in [0.29, 0.717) is 5.41 Å². The van der Waals surface area contributed by atoms with Gasteiger partial charge in [0.25, 0.3) is 0 Å². The minimum atomic E-state index is 0.261. The lowest BCUT2D eigenvalue weighted by atomic mass is 9.72. The molecule has 0 fully saturated rings. The minimum absolute atomic E-state index is 0.261. The second kappa shape index (κ2) is 4.26. The first kappa shape index (κ1) is 12.7. The van der Waals surface area contributed by atoms with Crippen molar-refractivity contribution < 1.29 is 0 Å². The van der Waals surface area contributed by atoms with Crippen LogP contribution in [0.1, 0.15) is 46.6 Å². The topological polar surface area (TPSA) is 0 Å². The van der Waals surface area contributed by atoms with E-state index in [-0.39, 0.29) is 5.41 Å². The molecule has 0 aromatic heterocycles. The number of hydrogen-bond donors (Lipinski definition) is 0. The first-order valence-electron chi connectivity index (χ1n) is 5.57. The van der Waals surface area contributed by atoms with Crippen molar-refractivity contribution in [3.8, 4) is 0 Å². The summed E-state index contributed by atoms with van der Waals surface area (Å²) in [6, 6.07) is 8.83. The zero-order chi connectivity index (χ0) is 11.7. The monoisotopic (exact) mass is 222 g/mol. The molecule has 1 unspecified atom stereocenters. The number of rotatable bonds is 2. The van der Waals surface area contributed by atoms with Gasteiger partial charge in [-0.1, -0.05) is 58.9 Å². The van der Waals surface area contributed by atoms with Crippen LogP contribution in [0.15, 0.2) is 24.3 Å². The van der Waals surface area contributed by atoms with Crippen molar-refractivity contribution in [3.63, 3.8) is 0 Å². The maximum Gasteiger partial charge on any atom is -0.00986 e. The molecule has 1 atom stereocenters. The summed E-state index contributed by atoms with van der Waals surface area (Å²) in [7, 11) is 2.73. The van der Waals surface area contributed by atoms with Crippen molar-refractivity contribution in [2.75, 3.05) is 0 Å². The van der Waals surface area contributed by atoms with Gasteiger partial charge in [0, 0.05) is 0 Å². The Morgan fingerprint density at radius 2 is 1.40 bits per heavy atom. The molecule has 1 heteroatoms. The van der Waals surface area contributed by atoms with Gasteiger partial charge < -0.3 is 0 Å². The molecular formula is C14H23P. The standard InChI is InChI=1S/C14H23P/c1-13(2,3)10-14(4,5)11-6-8-12(15)9-7-11/h6-9H,10,15H2,1-5H3. The third-order valence-electron chi connectivity index (χ3n) is 2.66. The predicted octanol–water partition coefficient (Wildman–Crippen LogP) is 3.90. The molecule has 0 bridgehead atoms. The lowest BCUT2D eigenvalue weighted by molar-refractivity contribution is 0.284. The van der Waals surface area contributed by atoms with Gasteiger partial charge in [-0.3, -0.25) is 0 Å². The van der Waals surface area contributed by atoms with E-state index in [1.165, 1.54) is 17.3 Å². The maximum absolute atomic E-state index is 2.73. The van der Waals surface area contributed by atoms with Crippen LogP contribution in [0.2, 0.25) is 0 Å². The van der Waals surface area contributed by atoms with Gasteiger partial charge in [0.2, 0.25) is 0 Å². The van der Waals surface area contributed by atoms with Crippen LogP contribution in [-0.2, 0) is 5.41 Å². The normalized spacial score (nSPS) is 12.9. The smallest absolute Gasteiger partial charge is 0.00986 e. The Morgan fingerprint density at radius 1 is 0.933 bits per heavy atom. The van der Waals surface area contributed by atoms with Crippen molar-refractivity contribution >= 4 is 14.5 Å². The number of hydrogen-bond acceptors (Lipinski definition) is 0. The summed E-state index contributed by atoms with van der Waals surface area (Å²) >= 11 is 0. The van der Waals surface area contributed by atoms with Gasteiger partial charge in [-0.2, -0.15) is 0 Å². The van der Waals surface area contributed by atoms with Crippen molar-refractivity contribution in [1.29, 1.82) is 0 Å². The molecule has 0 radical (unpaired) electrons. The fourth-order valence-corrected chi connectivity index (χ4v) is 2.55. The summed E-state index contributed by atoms with van der Waals surface area (Å²) in [4.78, 5) is 0. The Labute approximate surface area is 96.7 Å². The van der Waals surface area contributed by atoms with Gasteiger partial charge in [-0.05, 0) is 28.1 Å². The average molecular weight is 222 g/mol. The SMILES string of the molecule is CC(C)(C)CC(C)(C)c1ccc(P)cc1. The molecule has 0 N–H and O–H groups in total. The van der Waals surface area contributed by atoms with Gasteiger partial charge >= 0.3 is 0 Å². The molecule has 1 rings (SSSR count). The van der Waals surface area contributed by atoms with E-state index in [9.17, 15) is 0 Å². The third-order valence-corrected chi connectivity index (χ3v) is 3.05. The van der Waals surface area contributed by atoms with Gasteiger partial charge in [-0.15, -0.1) is 9.24 Å². The highest BCUT2D eigenvalue weighted by molar-refractivity contribution is 7.27. The first-order valence-corrected chi connectivity index (χ1v) is 6.14. The molecule has 1 aromatic carbocycles. The third kappa shape index (κ3) is 3.95. The Bertz CT molecular complexity index is 314. The lowest BCUT2D eigenvalue weighted by Crippen LogP contribution is -2.24. The van der Waals surface area contributed by atoms with Crippen LogP contribution in [0.3, 0.4) is 0 Å². The summed E-state index contributed by atoms with van der Waals surface area (Å²) < 4.78 is 0. The molecule has 0 aliphatic heterocycles. The van der Waals surface area contributed by atoms with Crippen LogP contribution < -0.4 is 5.30 Å². The van der Waals surface area contributed by atoms with E-state index in [1.54, 1.807) is 0 Å². The summed E-state index contributed by atoms with van der Waals surface area (Å²) in [5, 5.41) is 1.25. The highest BCUT2D eigenvalue weighted by Gasteiger charge is 2.26. The minimum Gasteiger partial charge on any atom is -0.106 e. The van der Waals surface area contributed by atoms with Crippen LogP contribution in [0.5, 0.6) is 0 Å². The van der Waals surface area contributed by atoms with Crippen LogP contribution >= 0.6 is 9.24 Å². The zero-order valence-electron chi connectivity index (χ0n) is 10.6. The largest absolute Gasteiger partial charge is 0.106 e. The van der Waals surface area contributed by atoms with Crippen molar-refractivity contribution in [2.45, 2.75) is 46.5 Å². The van der Waals surface area contributed by atoms with Gasteiger partial charge in [0.1, 0.15) is 0 Å². The fraction of sp³-hybridized carbons (Fsp3) is 0.571. The Hall–Kier alpha value is -0.350. The summed E-state index contributed by atoms with van der Waals surface area (Å²) in [6.07, 6.45) is 1.20. The van der Waals surface area contributed by atoms with Crippen molar-refractivity contribution in [2.24, 2.45) is 5.41 Å². The quantitative estimate of drug-likeness (QED) is 0.666. The highest BCUT2D eigenvalue weighted by atomic mass is 31.0. The van der Waals surface area contributed by atoms with Gasteiger partial charge in [0.05, 0.1) is 0 Å². The fourth-order valence-electron chi connectivity index (χ4n) is 2.36. The maximum atomic E-state index is 2.73. The van der Waals surface area contributed by atoms with Crippen LogP contribution in [0.25, 0.3) is 0 Å². The van der Waals surface area contributed by atoms with E-state index in [4.69, 9.17) is 0 Å². The van der Waals surface area contributed by atoms with E-state index in [1.807, 2.05) is 0 Å². The molecule has 0 nitrogen and oxygen atoms in total. The zero-order valence-corrected chi connectivity index (χ0v) is 11.7. The molecule has 0 aliphatic carbocycles. The van der Waals surface area contributed by atoms with E-state index < -0.39 is 0 Å². The molecule has 0 saturated heterocycles. The van der Waals surface area contributed by atoms with E-state index in [0.717, 1.165) is 0 Å². The predicted molar refractivity (Wildman–Crippen MR) is 72.9 cm³/mol. The molecule has 15 heavy (non-hydrogen) atoms. The molecule has 1 aromatic rings. The molecule has 0 aliphatic rings. The molecule has 0 amide bonds. The average Bonchev–Trinajstić information content (AvgIpc) is 2.00. The lowest BCUT2D eigenvalue weighted by Gasteiger charge is -2.33. The second-order valence-corrected chi connectivity index (χ2v) is 6.91. The van der Waals surface area contributed by atoms with Gasteiger partial charge in [-0.25, -0.2) is 0 Å². The second-order valence-electron chi connectivity index (χ2n) is 6.24. The molecular weight excluding hydrogens is 199 g/mol. The van der Waals surface area contributed by atoms with E-state index >= 15 is 0 Å². The Kier molecular flexibility index (Phi) is 3.61. The Balaban J connectivity index is 2.90. The van der Waals surface area contributed by atoms with Crippen LogP contribution in [-0.4, -0.2) is 0 Å². The first-order chi connectivity index (χ1) is 6.71. The van der Waals surface area contributed by atoms with Gasteiger partial charge in [0.15, 0.2) is 0 Å². The highest BCUT2D eigenvalue weighted by Crippen LogP contribution is 2.35. The summed E-state index contributed by atoms with van der Waals surface area (Å²) in [5.74, 6) is 0. The van der Waals surface area contributed by atoms with E-state index in [2.05, 4.69) is 68.1 Å².